The topological polar surface area (TPSA) is 56.1 Å². The van der Waals surface area contributed by atoms with Crippen molar-refractivity contribution >= 4 is 16.7 Å². The van der Waals surface area contributed by atoms with Crippen LogP contribution in [0.15, 0.2) is 79.4 Å². The zero-order chi connectivity index (χ0) is 21.1. The predicted molar refractivity (Wildman–Crippen MR) is 119 cm³/mol. The van der Waals surface area contributed by atoms with Crippen LogP contribution in [0.4, 0.5) is 0 Å². The number of ether oxygens (including phenoxy) is 1. The maximum absolute atomic E-state index is 12.9. The van der Waals surface area contributed by atoms with Gasteiger partial charge in [0.05, 0.1) is 25.4 Å². The van der Waals surface area contributed by atoms with Crippen LogP contribution in [0.5, 0.6) is 5.75 Å². The summed E-state index contributed by atoms with van der Waals surface area (Å²) in [7, 11) is 1.66. The molecule has 0 radical (unpaired) electrons. The Morgan fingerprint density at radius 1 is 0.967 bits per heavy atom. The fraction of sp³-hybridized carbons (Fsp3) is 0.200. The van der Waals surface area contributed by atoms with Crippen molar-refractivity contribution in [1.82, 2.24) is 14.9 Å². The highest BCUT2D eigenvalue weighted by Gasteiger charge is 2.18. The van der Waals surface area contributed by atoms with E-state index in [1.54, 1.807) is 19.6 Å². The summed E-state index contributed by atoms with van der Waals surface area (Å²) < 4.78 is 7.23. The first kappa shape index (κ1) is 19.7. The van der Waals surface area contributed by atoms with E-state index in [2.05, 4.69) is 16.4 Å². The molecule has 0 aliphatic carbocycles. The maximum atomic E-state index is 12.9. The van der Waals surface area contributed by atoms with Crippen molar-refractivity contribution in [3.8, 4) is 11.4 Å². The molecule has 4 aromatic rings. The summed E-state index contributed by atoms with van der Waals surface area (Å²) >= 11 is 0. The lowest BCUT2D eigenvalue weighted by Crippen LogP contribution is -2.30. The van der Waals surface area contributed by atoms with Gasteiger partial charge >= 0.3 is 0 Å². The Balaban J connectivity index is 1.45. The fourth-order valence-electron chi connectivity index (χ4n) is 3.56. The molecule has 2 atom stereocenters. The van der Waals surface area contributed by atoms with Gasteiger partial charge in [0.15, 0.2) is 0 Å². The largest absolute Gasteiger partial charge is 0.497 e. The zero-order valence-electron chi connectivity index (χ0n) is 17.4. The minimum atomic E-state index is -0.246. The number of methoxy groups -OCH3 is 1. The van der Waals surface area contributed by atoms with Gasteiger partial charge in [0.2, 0.25) is 5.91 Å². The van der Waals surface area contributed by atoms with Crippen LogP contribution >= 0.6 is 0 Å². The molecule has 0 spiro atoms. The summed E-state index contributed by atoms with van der Waals surface area (Å²) in [4.78, 5) is 16.9. The van der Waals surface area contributed by atoms with Gasteiger partial charge in [-0.15, -0.1) is 0 Å². The molecule has 3 aromatic carbocycles. The highest BCUT2D eigenvalue weighted by molar-refractivity contribution is 5.88. The van der Waals surface area contributed by atoms with Crippen LogP contribution in [-0.4, -0.2) is 22.6 Å². The van der Waals surface area contributed by atoms with Crippen LogP contribution < -0.4 is 10.1 Å². The third-order valence-corrected chi connectivity index (χ3v) is 5.52. The van der Waals surface area contributed by atoms with Gasteiger partial charge in [-0.2, -0.15) is 0 Å². The molecule has 1 amide bonds. The van der Waals surface area contributed by atoms with Gasteiger partial charge in [-0.3, -0.25) is 4.79 Å². The Bertz CT molecular complexity index is 1150. The van der Waals surface area contributed by atoms with E-state index in [0.29, 0.717) is 0 Å². The summed E-state index contributed by atoms with van der Waals surface area (Å²) in [5.41, 5.74) is 3.09. The second kappa shape index (κ2) is 8.41. The van der Waals surface area contributed by atoms with Gasteiger partial charge in [0.25, 0.3) is 0 Å². The lowest BCUT2D eigenvalue weighted by Gasteiger charge is -2.19. The standard InChI is InChI=1S/C25H25N3O2/c1-17(20-4-5-22-15-24(30-3)11-8-21(22)14-20)25(29)27-18(2)19-6-9-23(10-7-19)28-13-12-26-16-28/h4-18H,1-3H3,(H,27,29)/t17-,18?/m0/s1. The Hall–Kier alpha value is -3.60. The number of nitrogens with zero attached hydrogens (tertiary/aromatic N) is 2. The Labute approximate surface area is 176 Å². The van der Waals surface area contributed by atoms with Crippen LogP contribution in [0.3, 0.4) is 0 Å². The number of carbonyl (C=O) groups is 1. The van der Waals surface area contributed by atoms with Crippen LogP contribution in [0, 0.1) is 0 Å². The molecule has 0 saturated heterocycles. The lowest BCUT2D eigenvalue weighted by molar-refractivity contribution is -0.122. The van der Waals surface area contributed by atoms with Gasteiger partial charge in [0, 0.05) is 18.1 Å². The number of carbonyl (C=O) groups excluding carboxylic acids is 1. The number of fused-ring (bicyclic) bond motifs is 1. The second-order valence-corrected chi connectivity index (χ2v) is 7.49. The molecule has 152 valence electrons. The average molecular weight is 399 g/mol. The molecule has 1 N–H and O–H groups in total. The SMILES string of the molecule is COc1ccc2cc([C@H](C)C(=O)NC(C)c3ccc(-n4ccnc4)cc3)ccc2c1. The van der Waals surface area contributed by atoms with Crippen LogP contribution in [0.2, 0.25) is 0 Å². The van der Waals surface area contributed by atoms with Gasteiger partial charge in [-0.25, -0.2) is 4.98 Å². The number of benzene rings is 3. The smallest absolute Gasteiger partial charge is 0.227 e. The molecule has 1 unspecified atom stereocenters. The Morgan fingerprint density at radius 2 is 1.67 bits per heavy atom. The number of hydrogen-bond donors (Lipinski definition) is 1. The monoisotopic (exact) mass is 399 g/mol. The number of imidazole rings is 1. The molecule has 30 heavy (non-hydrogen) atoms. The first-order valence-electron chi connectivity index (χ1n) is 10.0. The summed E-state index contributed by atoms with van der Waals surface area (Å²) in [5.74, 6) is 0.590. The first-order chi connectivity index (χ1) is 14.5. The van der Waals surface area contributed by atoms with E-state index < -0.39 is 0 Å². The van der Waals surface area contributed by atoms with Crippen molar-refractivity contribution in [3.63, 3.8) is 0 Å². The highest BCUT2D eigenvalue weighted by Crippen LogP contribution is 2.26. The van der Waals surface area contributed by atoms with Crippen molar-refractivity contribution in [2.24, 2.45) is 0 Å². The van der Waals surface area contributed by atoms with Crippen molar-refractivity contribution in [3.05, 3.63) is 90.5 Å². The summed E-state index contributed by atoms with van der Waals surface area (Å²) in [6.45, 7) is 3.94. The molecule has 0 saturated carbocycles. The molecule has 4 rings (SSSR count). The molecule has 0 aliphatic rings. The van der Waals surface area contributed by atoms with Gasteiger partial charge in [-0.05, 0) is 60.0 Å². The first-order valence-corrected chi connectivity index (χ1v) is 10.0. The number of amides is 1. The predicted octanol–water partition coefficient (Wildman–Crippen LogP) is 5.02. The average Bonchev–Trinajstić information content (AvgIpc) is 3.33. The third kappa shape index (κ3) is 4.06. The summed E-state index contributed by atoms with van der Waals surface area (Å²) in [6.07, 6.45) is 5.42. The van der Waals surface area contributed by atoms with E-state index in [-0.39, 0.29) is 17.9 Å². The van der Waals surface area contributed by atoms with Crippen molar-refractivity contribution < 1.29 is 9.53 Å². The molecule has 0 aliphatic heterocycles. The van der Waals surface area contributed by atoms with Crippen molar-refractivity contribution in [2.45, 2.75) is 25.8 Å². The quantitative estimate of drug-likeness (QED) is 0.496. The van der Waals surface area contributed by atoms with E-state index in [0.717, 1.165) is 33.3 Å². The minimum Gasteiger partial charge on any atom is -0.497 e. The molecule has 5 nitrogen and oxygen atoms in total. The zero-order valence-corrected chi connectivity index (χ0v) is 17.4. The molecular weight excluding hydrogens is 374 g/mol. The molecular formula is C25H25N3O2. The minimum absolute atomic E-state index is 0.00838. The third-order valence-electron chi connectivity index (χ3n) is 5.52. The summed E-state index contributed by atoms with van der Waals surface area (Å²) in [5, 5.41) is 5.32. The second-order valence-electron chi connectivity index (χ2n) is 7.49. The van der Waals surface area contributed by atoms with E-state index >= 15 is 0 Å². The number of hydrogen-bond acceptors (Lipinski definition) is 3. The number of aromatic nitrogens is 2. The molecule has 0 fully saturated rings. The molecule has 1 aromatic heterocycles. The van der Waals surface area contributed by atoms with Crippen LogP contribution in [-0.2, 0) is 4.79 Å². The Morgan fingerprint density at radius 3 is 2.37 bits per heavy atom. The van der Waals surface area contributed by atoms with E-state index in [1.807, 2.05) is 79.2 Å². The van der Waals surface area contributed by atoms with Gasteiger partial charge < -0.3 is 14.6 Å². The van der Waals surface area contributed by atoms with Crippen LogP contribution in [0.25, 0.3) is 16.5 Å². The molecule has 0 bridgehead atoms. The van der Waals surface area contributed by atoms with Crippen molar-refractivity contribution in [1.29, 1.82) is 0 Å². The molecule has 1 heterocycles. The van der Waals surface area contributed by atoms with Gasteiger partial charge in [0.1, 0.15) is 5.75 Å². The summed E-state index contributed by atoms with van der Waals surface area (Å²) in [6, 6.07) is 20.1. The molecule has 5 heteroatoms. The van der Waals surface area contributed by atoms with E-state index in [1.165, 1.54) is 0 Å². The van der Waals surface area contributed by atoms with Crippen LogP contribution in [0.1, 0.15) is 36.9 Å². The van der Waals surface area contributed by atoms with Crippen molar-refractivity contribution in [2.75, 3.05) is 7.11 Å². The van der Waals surface area contributed by atoms with E-state index in [9.17, 15) is 4.79 Å². The van der Waals surface area contributed by atoms with Gasteiger partial charge in [-0.1, -0.05) is 36.4 Å². The Kier molecular flexibility index (Phi) is 5.53. The normalized spacial score (nSPS) is 13.0. The lowest BCUT2D eigenvalue weighted by atomic mass is 9.96. The maximum Gasteiger partial charge on any atom is 0.227 e. The van der Waals surface area contributed by atoms with E-state index in [4.69, 9.17) is 4.74 Å². The fourth-order valence-corrected chi connectivity index (χ4v) is 3.56. The number of rotatable bonds is 6. The highest BCUT2D eigenvalue weighted by atomic mass is 16.5. The number of nitrogens with one attached hydrogen (secondary N) is 1.